The van der Waals surface area contributed by atoms with Gasteiger partial charge < -0.3 is 4.18 Å². The Kier molecular flexibility index (Phi) is 5.52. The molecule has 0 atom stereocenters. The molecule has 26 heavy (non-hydrogen) atoms. The molecule has 0 fully saturated rings. The van der Waals surface area contributed by atoms with Gasteiger partial charge >= 0.3 is 22.2 Å². The van der Waals surface area contributed by atoms with E-state index < -0.39 is 27.1 Å². The lowest BCUT2D eigenvalue weighted by atomic mass is 10.2. The number of alkyl halides is 3. The maximum Gasteiger partial charge on any atom is 0.471 e. The first-order chi connectivity index (χ1) is 12.1. The molecule has 6 nitrogen and oxygen atoms in total. The molecule has 0 heterocycles. The van der Waals surface area contributed by atoms with Crippen molar-refractivity contribution in [1.82, 2.24) is 0 Å². The van der Waals surface area contributed by atoms with E-state index in [1.54, 1.807) is 6.92 Å². The highest BCUT2D eigenvalue weighted by Crippen LogP contribution is 2.23. The topological polar surface area (TPSA) is 91.6 Å². The minimum absolute atomic E-state index is 0.0575. The fraction of sp³-hybridized carbons (Fsp3) is 0.125. The molecular formula is C16H12F3N3O3S. The first kappa shape index (κ1) is 19.3. The van der Waals surface area contributed by atoms with Crippen LogP contribution in [-0.4, -0.2) is 20.5 Å². The smallest absolute Gasteiger partial charge is 0.351 e. The van der Waals surface area contributed by atoms with Crippen molar-refractivity contribution in [2.75, 3.05) is 5.43 Å². The molecule has 2 rings (SSSR count). The molecule has 136 valence electrons. The molecule has 0 aliphatic carbocycles. The predicted octanol–water partition coefficient (Wildman–Crippen LogP) is 3.56. The standard InChI is InChI=1S/C16H12F3N3O3S/c1-11-5-7-14(8-6-11)26(23,24)25-15(16(17,18)19)22-21-13-4-2-3-12(9-13)10-20/h2-9,21H,1H3/b22-15-. The van der Waals surface area contributed by atoms with E-state index in [9.17, 15) is 21.6 Å². The van der Waals surface area contributed by atoms with Crippen molar-refractivity contribution < 1.29 is 25.8 Å². The number of nitriles is 1. The molecule has 0 aromatic heterocycles. The van der Waals surface area contributed by atoms with Crippen molar-refractivity contribution in [3.8, 4) is 6.07 Å². The first-order valence-corrected chi connectivity index (χ1v) is 8.45. The van der Waals surface area contributed by atoms with Crippen LogP contribution < -0.4 is 5.43 Å². The van der Waals surface area contributed by atoms with E-state index in [0.717, 1.165) is 17.7 Å². The summed E-state index contributed by atoms with van der Waals surface area (Å²) in [6.45, 7) is 1.69. The van der Waals surface area contributed by atoms with Crippen molar-refractivity contribution in [3.63, 3.8) is 0 Å². The lowest BCUT2D eigenvalue weighted by Gasteiger charge is -2.12. The quantitative estimate of drug-likeness (QED) is 0.377. The van der Waals surface area contributed by atoms with Crippen LogP contribution in [0.15, 0.2) is 58.5 Å². The second-order valence-electron chi connectivity index (χ2n) is 5.07. The number of nitrogens with zero attached hydrogens (tertiary/aromatic N) is 2. The van der Waals surface area contributed by atoms with Crippen LogP contribution in [0, 0.1) is 18.3 Å². The van der Waals surface area contributed by atoms with Gasteiger partial charge in [0.2, 0.25) is 0 Å². The summed E-state index contributed by atoms with van der Waals surface area (Å²) >= 11 is 0. The third kappa shape index (κ3) is 4.97. The van der Waals surface area contributed by atoms with E-state index in [2.05, 4.69) is 9.28 Å². The number of benzene rings is 2. The van der Waals surface area contributed by atoms with E-state index in [1.807, 2.05) is 11.5 Å². The maximum atomic E-state index is 13.1. The van der Waals surface area contributed by atoms with Gasteiger partial charge in [-0.3, -0.25) is 5.43 Å². The van der Waals surface area contributed by atoms with Crippen LogP contribution in [0.1, 0.15) is 11.1 Å². The highest BCUT2D eigenvalue weighted by Gasteiger charge is 2.42. The molecule has 10 heteroatoms. The van der Waals surface area contributed by atoms with Crippen molar-refractivity contribution in [2.45, 2.75) is 18.0 Å². The van der Waals surface area contributed by atoms with Gasteiger partial charge in [-0.1, -0.05) is 23.8 Å². The first-order valence-electron chi connectivity index (χ1n) is 7.04. The Morgan fingerprint density at radius 1 is 1.19 bits per heavy atom. The minimum Gasteiger partial charge on any atom is -0.351 e. The Labute approximate surface area is 147 Å². The van der Waals surface area contributed by atoms with Crippen LogP contribution in [0.3, 0.4) is 0 Å². The third-order valence-electron chi connectivity index (χ3n) is 3.02. The molecule has 0 radical (unpaired) electrons. The van der Waals surface area contributed by atoms with E-state index in [0.29, 0.717) is 0 Å². The zero-order chi connectivity index (χ0) is 19.4. The van der Waals surface area contributed by atoms with Gasteiger partial charge in [0.05, 0.1) is 17.3 Å². The zero-order valence-corrected chi connectivity index (χ0v) is 14.1. The summed E-state index contributed by atoms with van der Waals surface area (Å²) in [4.78, 5) is -0.438. The monoisotopic (exact) mass is 383 g/mol. The fourth-order valence-corrected chi connectivity index (χ4v) is 2.67. The van der Waals surface area contributed by atoms with E-state index in [-0.39, 0.29) is 11.3 Å². The van der Waals surface area contributed by atoms with E-state index in [4.69, 9.17) is 5.26 Å². The van der Waals surface area contributed by atoms with Crippen molar-refractivity contribution >= 4 is 21.7 Å². The predicted molar refractivity (Wildman–Crippen MR) is 87.7 cm³/mol. The summed E-state index contributed by atoms with van der Waals surface area (Å²) in [6.07, 6.45) is -5.16. The van der Waals surface area contributed by atoms with Gasteiger partial charge in [-0.15, -0.1) is 5.10 Å². The zero-order valence-electron chi connectivity index (χ0n) is 13.3. The lowest BCUT2D eigenvalue weighted by Crippen LogP contribution is -2.29. The second kappa shape index (κ2) is 7.45. The molecule has 0 spiro atoms. The van der Waals surface area contributed by atoms with Gasteiger partial charge in [0, 0.05) is 0 Å². The number of hydrogen-bond acceptors (Lipinski definition) is 6. The van der Waals surface area contributed by atoms with Gasteiger partial charge in [0.1, 0.15) is 4.90 Å². The largest absolute Gasteiger partial charge is 0.471 e. The Bertz CT molecular complexity index is 963. The molecule has 1 N–H and O–H groups in total. The van der Waals surface area contributed by atoms with Crippen LogP contribution >= 0.6 is 0 Å². The van der Waals surface area contributed by atoms with E-state index in [1.165, 1.54) is 36.4 Å². The number of halogens is 3. The molecular weight excluding hydrogens is 371 g/mol. The molecule has 0 amide bonds. The average Bonchev–Trinajstić information content (AvgIpc) is 2.58. The van der Waals surface area contributed by atoms with Crippen LogP contribution in [0.2, 0.25) is 0 Å². The number of aryl methyl sites for hydroxylation is 1. The third-order valence-corrected chi connectivity index (χ3v) is 4.25. The average molecular weight is 383 g/mol. The van der Waals surface area contributed by atoms with Crippen molar-refractivity contribution in [2.24, 2.45) is 5.10 Å². The Hall–Kier alpha value is -3.06. The normalized spacial score (nSPS) is 12.3. The maximum absolute atomic E-state index is 13.1. The molecule has 0 bridgehead atoms. The van der Waals surface area contributed by atoms with E-state index >= 15 is 0 Å². The van der Waals surface area contributed by atoms with Crippen molar-refractivity contribution in [1.29, 1.82) is 5.26 Å². The summed E-state index contributed by atoms with van der Waals surface area (Å²) in [5.41, 5.74) is 3.01. The summed E-state index contributed by atoms with van der Waals surface area (Å²) in [7, 11) is -4.72. The number of anilines is 1. The Morgan fingerprint density at radius 3 is 2.42 bits per heavy atom. The minimum atomic E-state index is -5.16. The van der Waals surface area contributed by atoms with Gasteiger partial charge in [0.25, 0.3) is 0 Å². The molecule has 0 saturated carbocycles. The van der Waals surface area contributed by atoms with Gasteiger partial charge in [0.15, 0.2) is 0 Å². The molecule has 2 aromatic carbocycles. The number of rotatable bonds is 4. The molecule has 0 unspecified atom stereocenters. The Morgan fingerprint density at radius 2 is 1.85 bits per heavy atom. The Balaban J connectivity index is 2.30. The molecule has 0 aliphatic rings. The molecule has 0 saturated heterocycles. The SMILES string of the molecule is Cc1ccc(S(=O)(=O)O/C(=N\Nc2cccc(C#N)c2)C(F)(F)F)cc1. The van der Waals surface area contributed by atoms with Gasteiger partial charge in [-0.05, 0) is 37.3 Å². The van der Waals surface area contributed by atoms with Gasteiger partial charge in [-0.2, -0.15) is 26.9 Å². The van der Waals surface area contributed by atoms with Crippen LogP contribution in [0.4, 0.5) is 18.9 Å². The highest BCUT2D eigenvalue weighted by molar-refractivity contribution is 7.87. The number of hydrazone groups is 1. The van der Waals surface area contributed by atoms with Crippen LogP contribution in [-0.2, 0) is 14.3 Å². The number of nitrogens with one attached hydrogen (secondary N) is 1. The summed E-state index contributed by atoms with van der Waals surface area (Å²) in [6, 6.07) is 12.4. The van der Waals surface area contributed by atoms with Crippen LogP contribution in [0.25, 0.3) is 0 Å². The summed E-state index contributed by atoms with van der Waals surface area (Å²) in [5.74, 6) is -1.99. The highest BCUT2D eigenvalue weighted by atomic mass is 32.2. The molecule has 2 aromatic rings. The van der Waals surface area contributed by atoms with Gasteiger partial charge in [-0.25, -0.2) is 0 Å². The molecule has 0 aliphatic heterocycles. The summed E-state index contributed by atoms with van der Waals surface area (Å²) in [5, 5.41) is 11.8. The van der Waals surface area contributed by atoms with Crippen LogP contribution in [0.5, 0.6) is 0 Å². The van der Waals surface area contributed by atoms with Crippen molar-refractivity contribution in [3.05, 3.63) is 59.7 Å². The number of hydrogen-bond donors (Lipinski definition) is 1. The fourth-order valence-electron chi connectivity index (χ4n) is 1.76. The summed E-state index contributed by atoms with van der Waals surface area (Å²) < 4.78 is 67.5. The lowest BCUT2D eigenvalue weighted by molar-refractivity contribution is -0.0707. The second-order valence-corrected chi connectivity index (χ2v) is 6.62.